The van der Waals surface area contributed by atoms with Gasteiger partial charge in [0.1, 0.15) is 30.0 Å². The Morgan fingerprint density at radius 3 is 2.57 bits per heavy atom. The Hall–Kier alpha value is -1.56. The molecule has 0 bridgehead atoms. The van der Waals surface area contributed by atoms with E-state index in [9.17, 15) is 19.8 Å². The molecule has 42 heavy (non-hydrogen) atoms. The van der Waals surface area contributed by atoms with Gasteiger partial charge in [0.15, 0.2) is 12.4 Å². The maximum atomic E-state index is 12.6. The Balaban J connectivity index is 1.09. The number of hydrogen-bond donors (Lipinski definition) is 2. The summed E-state index contributed by atoms with van der Waals surface area (Å²) in [4.78, 5) is 23.8. The summed E-state index contributed by atoms with van der Waals surface area (Å²) < 4.78 is 35.6. The molecule has 0 aromatic carbocycles. The fourth-order valence-corrected chi connectivity index (χ4v) is 10.8. The number of carbonyl (C=O) groups is 2. The third kappa shape index (κ3) is 3.84. The second-order valence-electron chi connectivity index (χ2n) is 14.6. The van der Waals surface area contributed by atoms with E-state index in [1.54, 1.807) is 13.0 Å². The van der Waals surface area contributed by atoms with Crippen LogP contribution in [0.4, 0.5) is 0 Å². The van der Waals surface area contributed by atoms with Gasteiger partial charge >= 0.3 is 11.9 Å². The normalized spacial score (nSPS) is 54.5. The lowest BCUT2D eigenvalue weighted by Crippen LogP contribution is -2.68. The van der Waals surface area contributed by atoms with Crippen molar-refractivity contribution < 1.29 is 48.2 Å². The number of aliphatic hydroxyl groups is 2. The number of carbonyl (C=O) groups excluding carboxylic acids is 2. The number of methoxy groups -OCH3 is 1. The standard InChI is InChI=1S/C32H46O10/c1-16-25(35)26(37-5)27(40-17(2)33)28(39-16)41-20-6-9-29(3)19(13-20)14-23-32(42-23)22(29)8-10-30(4)21(7-11-31(30,32)36)18-12-24(34)38-15-18/h12,16,19-23,25-28,35-36H,6-11,13-15H2,1-5H3/t16-,19+,20-,21-,22-,23+,25+,26+,27-,28+,29+,30-,31+,32-/m1/s1. The Morgan fingerprint density at radius 2 is 1.88 bits per heavy atom. The van der Waals surface area contributed by atoms with Crippen molar-refractivity contribution in [2.24, 2.45) is 28.6 Å². The average Bonchev–Trinajstić information content (AvgIpc) is 3.38. The first-order chi connectivity index (χ1) is 19.9. The number of fused-ring (bicyclic) bond motifs is 3. The molecule has 1 spiro atoms. The quantitative estimate of drug-likeness (QED) is 0.280. The van der Waals surface area contributed by atoms with Gasteiger partial charge in [0, 0.05) is 25.5 Å². The summed E-state index contributed by atoms with van der Waals surface area (Å²) in [6.45, 7) is 8.04. The van der Waals surface area contributed by atoms with Gasteiger partial charge in [-0.25, -0.2) is 4.79 Å². The van der Waals surface area contributed by atoms with Gasteiger partial charge in [-0.3, -0.25) is 4.79 Å². The minimum atomic E-state index is -0.941. The zero-order chi connectivity index (χ0) is 29.8. The Labute approximate surface area is 247 Å². The molecule has 3 heterocycles. The molecular formula is C32H46O10. The maximum absolute atomic E-state index is 12.6. The molecule has 0 aromatic heterocycles. The molecule has 2 saturated heterocycles. The van der Waals surface area contributed by atoms with Crippen LogP contribution in [0.1, 0.15) is 79.1 Å². The predicted molar refractivity (Wildman–Crippen MR) is 147 cm³/mol. The largest absolute Gasteiger partial charge is 0.458 e. The van der Waals surface area contributed by atoms with E-state index in [4.69, 9.17) is 28.4 Å². The Morgan fingerprint density at radius 1 is 1.10 bits per heavy atom. The Bertz CT molecular complexity index is 1170. The van der Waals surface area contributed by atoms with Crippen molar-refractivity contribution >= 4 is 11.9 Å². The van der Waals surface area contributed by atoms with Crippen molar-refractivity contribution in [1.29, 1.82) is 0 Å². The van der Waals surface area contributed by atoms with Crippen LogP contribution in [-0.4, -0.2) is 90.0 Å². The molecule has 7 rings (SSSR count). The van der Waals surface area contributed by atoms with E-state index in [1.807, 2.05) is 0 Å². The molecular weight excluding hydrogens is 544 g/mol. The van der Waals surface area contributed by atoms with E-state index in [0.717, 1.165) is 50.5 Å². The Kier molecular flexibility index (Phi) is 6.75. The van der Waals surface area contributed by atoms with Gasteiger partial charge in [0.2, 0.25) is 0 Å². The van der Waals surface area contributed by atoms with Crippen LogP contribution < -0.4 is 0 Å². The van der Waals surface area contributed by atoms with Crippen molar-refractivity contribution in [3.8, 4) is 0 Å². The zero-order valence-corrected chi connectivity index (χ0v) is 25.4. The van der Waals surface area contributed by atoms with Crippen LogP contribution in [0.5, 0.6) is 0 Å². The number of esters is 2. The molecule has 0 radical (unpaired) electrons. The summed E-state index contributed by atoms with van der Waals surface area (Å²) in [6, 6.07) is 0. The van der Waals surface area contributed by atoms with Crippen molar-refractivity contribution in [1.82, 2.24) is 0 Å². The highest BCUT2D eigenvalue weighted by atomic mass is 16.7. The highest BCUT2D eigenvalue weighted by Gasteiger charge is 2.84. The van der Waals surface area contributed by atoms with Crippen molar-refractivity contribution in [3.05, 3.63) is 11.6 Å². The molecule has 0 unspecified atom stereocenters. The lowest BCUT2D eigenvalue weighted by atomic mass is 9.43. The van der Waals surface area contributed by atoms with Crippen LogP contribution in [0.15, 0.2) is 11.6 Å². The summed E-state index contributed by atoms with van der Waals surface area (Å²) in [5, 5.41) is 23.3. The topological polar surface area (TPSA) is 133 Å². The molecule has 6 fully saturated rings. The van der Waals surface area contributed by atoms with Gasteiger partial charge in [-0.1, -0.05) is 13.8 Å². The van der Waals surface area contributed by atoms with Gasteiger partial charge in [-0.2, -0.15) is 0 Å². The van der Waals surface area contributed by atoms with E-state index in [-0.39, 0.29) is 40.8 Å². The summed E-state index contributed by atoms with van der Waals surface area (Å²) in [6.07, 6.45) is 4.48. The fraction of sp³-hybridized carbons (Fsp3) is 0.875. The van der Waals surface area contributed by atoms with E-state index < -0.39 is 47.9 Å². The first-order valence-corrected chi connectivity index (χ1v) is 15.8. The van der Waals surface area contributed by atoms with Gasteiger partial charge < -0.3 is 38.6 Å². The molecule has 234 valence electrons. The first-order valence-electron chi connectivity index (χ1n) is 15.8. The highest BCUT2D eigenvalue weighted by molar-refractivity contribution is 5.85. The van der Waals surface area contributed by atoms with Crippen molar-refractivity contribution in [2.45, 2.75) is 133 Å². The molecule has 10 nitrogen and oxygen atoms in total. The van der Waals surface area contributed by atoms with Crippen LogP contribution in [0.25, 0.3) is 0 Å². The number of rotatable bonds is 5. The SMILES string of the molecule is CO[C@H]1[C@@H](O)[C@@H](C)O[C@@H](O[C@@H]2CC[C@@]3(C)[C@@H](C2)C[C@@H]2O[C@]24[C@@H]3CC[C@]2(C)[C@@H](C3=CC(=O)OC3)CC[C@@]42O)[C@@H]1OC(C)=O. The van der Waals surface area contributed by atoms with Gasteiger partial charge in [-0.05, 0) is 87.0 Å². The lowest BCUT2D eigenvalue weighted by molar-refractivity contribution is -0.315. The smallest absolute Gasteiger partial charge is 0.331 e. The van der Waals surface area contributed by atoms with E-state index in [2.05, 4.69) is 13.8 Å². The second kappa shape index (κ2) is 9.72. The zero-order valence-electron chi connectivity index (χ0n) is 25.4. The van der Waals surface area contributed by atoms with Crippen LogP contribution in [-0.2, 0) is 38.0 Å². The minimum absolute atomic E-state index is 0.00499. The summed E-state index contributed by atoms with van der Waals surface area (Å²) in [5.74, 6) is -0.0281. The molecule has 4 saturated carbocycles. The number of cyclic esters (lactones) is 1. The van der Waals surface area contributed by atoms with Gasteiger partial charge in [0.25, 0.3) is 0 Å². The molecule has 7 aliphatic rings. The highest BCUT2D eigenvalue weighted by Crippen LogP contribution is 2.77. The van der Waals surface area contributed by atoms with Crippen LogP contribution >= 0.6 is 0 Å². The minimum Gasteiger partial charge on any atom is -0.458 e. The monoisotopic (exact) mass is 590 g/mol. The summed E-state index contributed by atoms with van der Waals surface area (Å²) in [5.41, 5.74) is -0.815. The van der Waals surface area contributed by atoms with Crippen LogP contribution in [0.3, 0.4) is 0 Å². The third-order valence-corrected chi connectivity index (χ3v) is 13.0. The fourth-order valence-electron chi connectivity index (χ4n) is 10.8. The molecule has 10 heteroatoms. The summed E-state index contributed by atoms with van der Waals surface area (Å²) in [7, 11) is 1.49. The van der Waals surface area contributed by atoms with Crippen LogP contribution in [0.2, 0.25) is 0 Å². The van der Waals surface area contributed by atoms with E-state index in [0.29, 0.717) is 18.9 Å². The molecule has 0 amide bonds. The molecule has 2 N–H and O–H groups in total. The van der Waals surface area contributed by atoms with Crippen molar-refractivity contribution in [2.75, 3.05) is 13.7 Å². The maximum Gasteiger partial charge on any atom is 0.331 e. The average molecular weight is 591 g/mol. The van der Waals surface area contributed by atoms with E-state index in [1.165, 1.54) is 14.0 Å². The summed E-state index contributed by atoms with van der Waals surface area (Å²) >= 11 is 0. The van der Waals surface area contributed by atoms with Crippen LogP contribution in [0, 0.1) is 28.6 Å². The molecule has 3 aliphatic heterocycles. The number of epoxide rings is 1. The third-order valence-electron chi connectivity index (χ3n) is 13.0. The predicted octanol–water partition coefficient (Wildman–Crippen LogP) is 2.81. The van der Waals surface area contributed by atoms with Crippen molar-refractivity contribution in [3.63, 3.8) is 0 Å². The number of aliphatic hydroxyl groups excluding tert-OH is 1. The molecule has 4 aliphatic carbocycles. The van der Waals surface area contributed by atoms with E-state index >= 15 is 0 Å². The molecule has 0 aromatic rings. The van der Waals surface area contributed by atoms with Gasteiger partial charge in [0.05, 0.1) is 18.3 Å². The second-order valence-corrected chi connectivity index (χ2v) is 14.6. The van der Waals surface area contributed by atoms with Gasteiger partial charge in [-0.15, -0.1) is 0 Å². The number of ether oxygens (including phenoxy) is 6. The first kappa shape index (κ1) is 29.2. The lowest BCUT2D eigenvalue weighted by Gasteiger charge is -2.62. The molecule has 14 atom stereocenters. The number of hydrogen-bond acceptors (Lipinski definition) is 10.